The fourth-order valence-corrected chi connectivity index (χ4v) is 2.72. The van der Waals surface area contributed by atoms with E-state index in [1.165, 1.54) is 12.1 Å². The minimum atomic E-state index is -4.70. The maximum absolute atomic E-state index is 12.3. The second-order valence-corrected chi connectivity index (χ2v) is 5.36. The molecule has 1 aliphatic heterocycles. The molecule has 0 saturated heterocycles. The largest absolute Gasteiger partial charge is 0.573 e. The van der Waals surface area contributed by atoms with Gasteiger partial charge in [0.1, 0.15) is 5.75 Å². The summed E-state index contributed by atoms with van der Waals surface area (Å²) >= 11 is 0. The van der Waals surface area contributed by atoms with Crippen molar-refractivity contribution in [3.63, 3.8) is 0 Å². The first kappa shape index (κ1) is 15.6. The molecule has 1 atom stereocenters. The highest BCUT2D eigenvalue weighted by molar-refractivity contribution is 5.82. The molecule has 0 unspecified atom stereocenters. The average molecular weight is 323 g/mol. The molecule has 1 aromatic heterocycles. The Balaban J connectivity index is 1.91. The van der Waals surface area contributed by atoms with Gasteiger partial charge in [-0.3, -0.25) is 4.99 Å². The molecule has 1 aromatic carbocycles. The second kappa shape index (κ2) is 6.08. The third-order valence-corrected chi connectivity index (χ3v) is 3.71. The Morgan fingerprint density at radius 1 is 1.26 bits per heavy atom. The van der Waals surface area contributed by atoms with E-state index >= 15 is 0 Å². The van der Waals surface area contributed by atoms with Gasteiger partial charge in [0.05, 0.1) is 18.3 Å². The Morgan fingerprint density at radius 2 is 2.09 bits per heavy atom. The van der Waals surface area contributed by atoms with E-state index in [1.54, 1.807) is 18.3 Å². The topological polar surface area (TPSA) is 52.5 Å². The van der Waals surface area contributed by atoms with Gasteiger partial charge in [0, 0.05) is 18.0 Å². The van der Waals surface area contributed by atoms with Gasteiger partial charge in [-0.1, -0.05) is 12.1 Å². The van der Waals surface area contributed by atoms with Gasteiger partial charge >= 0.3 is 6.36 Å². The van der Waals surface area contributed by atoms with Crippen LogP contribution in [0.5, 0.6) is 5.75 Å². The molecule has 0 saturated carbocycles. The van der Waals surface area contributed by atoms with Crippen LogP contribution in [0.3, 0.4) is 0 Å². The maximum Gasteiger partial charge on any atom is 0.573 e. The molecule has 2 N–H and O–H groups in total. The highest BCUT2D eigenvalue weighted by atomic mass is 19.4. The lowest BCUT2D eigenvalue weighted by molar-refractivity contribution is -0.274. The van der Waals surface area contributed by atoms with Gasteiger partial charge in [0.25, 0.3) is 0 Å². The highest BCUT2D eigenvalue weighted by Crippen LogP contribution is 2.31. The third kappa shape index (κ3) is 3.56. The van der Waals surface area contributed by atoms with Crippen molar-refractivity contribution < 1.29 is 17.9 Å². The van der Waals surface area contributed by atoms with Crippen molar-refractivity contribution >= 4 is 6.21 Å². The number of rotatable bonds is 4. The summed E-state index contributed by atoms with van der Waals surface area (Å²) in [5.41, 5.74) is 8.03. The van der Waals surface area contributed by atoms with E-state index in [2.05, 4.69) is 14.3 Å². The quantitative estimate of drug-likeness (QED) is 0.938. The number of fused-ring (bicyclic) bond motifs is 1. The van der Waals surface area contributed by atoms with E-state index < -0.39 is 6.36 Å². The monoisotopic (exact) mass is 323 g/mol. The molecule has 0 amide bonds. The van der Waals surface area contributed by atoms with E-state index in [0.29, 0.717) is 18.7 Å². The van der Waals surface area contributed by atoms with Crippen LogP contribution in [0.15, 0.2) is 41.5 Å². The Bertz CT molecular complexity index is 722. The summed E-state index contributed by atoms with van der Waals surface area (Å²) in [7, 11) is 0. The zero-order valence-electron chi connectivity index (χ0n) is 12.3. The number of hydrogen-bond donors (Lipinski definition) is 1. The minimum absolute atomic E-state index is 0.184. The number of benzene rings is 1. The van der Waals surface area contributed by atoms with Crippen molar-refractivity contribution in [2.45, 2.75) is 18.8 Å². The Labute approximate surface area is 131 Å². The average Bonchev–Trinajstić information content (AvgIpc) is 2.91. The molecule has 0 spiro atoms. The Morgan fingerprint density at radius 3 is 2.83 bits per heavy atom. The van der Waals surface area contributed by atoms with Crippen LogP contribution < -0.4 is 10.5 Å². The minimum Gasteiger partial charge on any atom is -0.406 e. The Kier molecular flexibility index (Phi) is 4.12. The first-order valence-electron chi connectivity index (χ1n) is 7.24. The summed E-state index contributed by atoms with van der Waals surface area (Å²) in [5, 5.41) is 0. The van der Waals surface area contributed by atoms with Crippen molar-refractivity contribution in [3.05, 3.63) is 42.2 Å². The van der Waals surface area contributed by atoms with E-state index in [4.69, 9.17) is 5.73 Å². The molecule has 0 fully saturated rings. The first-order valence-corrected chi connectivity index (χ1v) is 7.24. The van der Waals surface area contributed by atoms with E-state index in [1.807, 2.05) is 12.3 Å². The van der Waals surface area contributed by atoms with E-state index in [0.717, 1.165) is 17.7 Å². The lowest BCUT2D eigenvalue weighted by Crippen LogP contribution is -2.21. The molecule has 0 radical (unpaired) electrons. The molecular formula is C16H16F3N3O. The molecule has 0 aliphatic carbocycles. The predicted molar refractivity (Wildman–Crippen MR) is 81.7 cm³/mol. The number of aliphatic imine (C=N–C) groups is 1. The zero-order chi connectivity index (χ0) is 16.4. The normalized spacial score (nSPS) is 17.1. The smallest absolute Gasteiger partial charge is 0.406 e. The van der Waals surface area contributed by atoms with Crippen molar-refractivity contribution in [2.24, 2.45) is 10.7 Å². The predicted octanol–water partition coefficient (Wildman–Crippen LogP) is 3.38. The number of hydrogen-bond acceptors (Lipinski definition) is 3. The molecule has 3 rings (SSSR count). The first-order chi connectivity index (χ1) is 11.0. The number of halogens is 3. The van der Waals surface area contributed by atoms with Crippen molar-refractivity contribution in [2.75, 3.05) is 13.1 Å². The van der Waals surface area contributed by atoms with Crippen molar-refractivity contribution in [1.82, 2.24) is 4.57 Å². The summed E-state index contributed by atoms with van der Waals surface area (Å²) in [6.07, 6.45) is -0.201. The summed E-state index contributed by atoms with van der Waals surface area (Å²) < 4.78 is 43.1. The van der Waals surface area contributed by atoms with E-state index in [9.17, 15) is 13.2 Å². The SMILES string of the molecule is NCC[C@H]1CN=Cc2cc(-c3cccc(OC(F)(F)F)c3)cn21. The van der Waals surface area contributed by atoms with Gasteiger partial charge < -0.3 is 15.0 Å². The molecule has 2 aromatic rings. The standard InChI is InChI=1S/C16H16F3N3O/c17-16(18,19)23-15-3-1-2-11(7-15)12-6-14-9-21-8-13(4-5-20)22(14)10-12/h1-3,6-7,9-10,13H,4-5,8,20H2/t13-/m0/s1. The van der Waals surface area contributed by atoms with Crippen LogP contribution in [0.2, 0.25) is 0 Å². The number of ether oxygens (including phenoxy) is 1. The number of nitrogens with zero attached hydrogens (tertiary/aromatic N) is 2. The highest BCUT2D eigenvalue weighted by Gasteiger charge is 2.31. The lowest BCUT2D eigenvalue weighted by Gasteiger charge is -2.21. The third-order valence-electron chi connectivity index (χ3n) is 3.71. The van der Waals surface area contributed by atoms with Crippen LogP contribution >= 0.6 is 0 Å². The second-order valence-electron chi connectivity index (χ2n) is 5.36. The molecule has 2 heterocycles. The number of alkyl halides is 3. The zero-order valence-corrected chi connectivity index (χ0v) is 12.3. The summed E-state index contributed by atoms with van der Waals surface area (Å²) in [6, 6.07) is 8.04. The van der Waals surface area contributed by atoms with Crippen LogP contribution in [-0.4, -0.2) is 30.2 Å². The van der Waals surface area contributed by atoms with Gasteiger partial charge in [-0.25, -0.2) is 0 Å². The number of nitrogens with two attached hydrogens (primary N) is 1. The van der Waals surface area contributed by atoms with Gasteiger partial charge in [0.15, 0.2) is 0 Å². The van der Waals surface area contributed by atoms with Crippen LogP contribution in [0.25, 0.3) is 11.1 Å². The molecule has 0 bridgehead atoms. The van der Waals surface area contributed by atoms with Gasteiger partial charge in [0.2, 0.25) is 0 Å². The van der Waals surface area contributed by atoms with Gasteiger partial charge in [-0.2, -0.15) is 0 Å². The fourth-order valence-electron chi connectivity index (χ4n) is 2.72. The van der Waals surface area contributed by atoms with Crippen LogP contribution in [0.1, 0.15) is 18.2 Å². The molecular weight excluding hydrogens is 307 g/mol. The lowest BCUT2D eigenvalue weighted by atomic mass is 10.1. The molecule has 122 valence electrons. The molecule has 1 aliphatic rings. The summed E-state index contributed by atoms with van der Waals surface area (Å²) in [5.74, 6) is -0.230. The Hall–Kier alpha value is -2.28. The van der Waals surface area contributed by atoms with Crippen LogP contribution in [-0.2, 0) is 0 Å². The molecule has 4 nitrogen and oxygen atoms in total. The maximum atomic E-state index is 12.3. The van der Waals surface area contributed by atoms with Gasteiger partial charge in [-0.15, -0.1) is 13.2 Å². The van der Waals surface area contributed by atoms with Crippen molar-refractivity contribution in [1.29, 1.82) is 0 Å². The van der Waals surface area contributed by atoms with E-state index in [-0.39, 0.29) is 11.8 Å². The number of aromatic nitrogens is 1. The summed E-state index contributed by atoms with van der Waals surface area (Å²) in [6.45, 7) is 1.22. The fraction of sp³-hybridized carbons (Fsp3) is 0.312. The van der Waals surface area contributed by atoms with Crippen LogP contribution in [0, 0.1) is 0 Å². The van der Waals surface area contributed by atoms with Crippen LogP contribution in [0.4, 0.5) is 13.2 Å². The molecule has 7 heteroatoms. The molecule has 23 heavy (non-hydrogen) atoms. The summed E-state index contributed by atoms with van der Waals surface area (Å²) in [4.78, 5) is 4.32. The van der Waals surface area contributed by atoms with Gasteiger partial charge in [-0.05, 0) is 36.7 Å². The van der Waals surface area contributed by atoms with Crippen molar-refractivity contribution in [3.8, 4) is 16.9 Å².